The average molecular weight is 432 g/mol. The zero-order chi connectivity index (χ0) is 22.2. The minimum atomic E-state index is -0.304. The van der Waals surface area contributed by atoms with Crippen LogP contribution in [0.3, 0.4) is 0 Å². The maximum Gasteiger partial charge on any atom is 0.266 e. The van der Waals surface area contributed by atoms with Gasteiger partial charge in [-0.1, -0.05) is 54.6 Å². The predicted molar refractivity (Wildman–Crippen MR) is 126 cm³/mol. The summed E-state index contributed by atoms with van der Waals surface area (Å²) >= 11 is 0. The lowest BCUT2D eigenvalue weighted by atomic mass is 10.1. The molecule has 0 aliphatic heterocycles. The molecule has 0 amide bonds. The fourth-order valence-corrected chi connectivity index (χ4v) is 3.87. The first-order chi connectivity index (χ1) is 16.3. The molecule has 2 aromatic heterocycles. The summed E-state index contributed by atoms with van der Waals surface area (Å²) in [6.45, 7) is 0. The first kappa shape index (κ1) is 19.1. The van der Waals surface area contributed by atoms with Crippen LogP contribution in [-0.2, 0) is 0 Å². The Bertz CT molecular complexity index is 1580. The molecule has 0 saturated heterocycles. The van der Waals surface area contributed by atoms with Crippen molar-refractivity contribution in [3.05, 3.63) is 109 Å². The largest absolute Gasteiger partial charge is 0.436 e. The average Bonchev–Trinajstić information content (AvgIpc) is 3.32. The summed E-state index contributed by atoms with van der Waals surface area (Å²) < 4.78 is 21.5. The quantitative estimate of drug-likeness (QED) is 0.317. The Balaban J connectivity index is 1.45. The van der Waals surface area contributed by atoms with Crippen LogP contribution in [0.5, 0.6) is 11.6 Å². The number of benzene rings is 4. The molecule has 6 heteroatoms. The highest BCUT2D eigenvalue weighted by Gasteiger charge is 2.18. The van der Waals surface area contributed by atoms with Crippen molar-refractivity contribution < 1.29 is 9.13 Å². The van der Waals surface area contributed by atoms with E-state index in [4.69, 9.17) is 9.72 Å². The lowest BCUT2D eigenvalue weighted by Crippen LogP contribution is -1.98. The van der Waals surface area contributed by atoms with Crippen LogP contribution in [0, 0.1) is 5.82 Å². The predicted octanol–water partition coefficient (Wildman–Crippen LogP) is 6.54. The first-order valence-corrected chi connectivity index (χ1v) is 10.5. The highest BCUT2D eigenvalue weighted by Crippen LogP contribution is 2.31. The molecule has 0 aliphatic rings. The molecular weight excluding hydrogens is 415 g/mol. The van der Waals surface area contributed by atoms with E-state index >= 15 is 0 Å². The van der Waals surface area contributed by atoms with Crippen LogP contribution in [-0.4, -0.2) is 19.6 Å². The third-order valence-electron chi connectivity index (χ3n) is 5.48. The van der Waals surface area contributed by atoms with Crippen molar-refractivity contribution >= 4 is 16.7 Å². The van der Waals surface area contributed by atoms with E-state index in [0.29, 0.717) is 23.1 Å². The smallest absolute Gasteiger partial charge is 0.266 e. The molecule has 0 fully saturated rings. The van der Waals surface area contributed by atoms with Crippen molar-refractivity contribution in [3.8, 4) is 34.1 Å². The summed E-state index contributed by atoms with van der Waals surface area (Å²) in [7, 11) is 0. The molecule has 158 valence electrons. The summed E-state index contributed by atoms with van der Waals surface area (Å²) in [5, 5.41) is 8.73. The van der Waals surface area contributed by atoms with E-state index in [1.807, 2.05) is 71.1 Å². The number of rotatable bonds is 4. The lowest BCUT2D eigenvalue weighted by Gasteiger charge is -2.10. The molecule has 2 heterocycles. The van der Waals surface area contributed by atoms with Gasteiger partial charge in [0.1, 0.15) is 11.6 Å². The van der Waals surface area contributed by atoms with Crippen molar-refractivity contribution in [2.45, 2.75) is 0 Å². The summed E-state index contributed by atoms with van der Waals surface area (Å²) in [6, 6.07) is 31.9. The second kappa shape index (κ2) is 7.84. The van der Waals surface area contributed by atoms with Crippen molar-refractivity contribution in [1.82, 2.24) is 19.6 Å². The summed E-state index contributed by atoms with van der Waals surface area (Å²) in [5.41, 5.74) is 5.04. The van der Waals surface area contributed by atoms with Gasteiger partial charge >= 0.3 is 0 Å². The number of para-hydroxylation sites is 2. The molecule has 4 aromatic carbocycles. The van der Waals surface area contributed by atoms with Crippen LogP contribution in [0.2, 0.25) is 0 Å². The van der Waals surface area contributed by atoms with Gasteiger partial charge in [0.25, 0.3) is 5.88 Å². The molecule has 0 aliphatic carbocycles. The Kier molecular flexibility index (Phi) is 4.54. The highest BCUT2D eigenvalue weighted by molar-refractivity contribution is 5.82. The number of nitrogens with zero attached hydrogens (tertiary/aromatic N) is 4. The van der Waals surface area contributed by atoms with Crippen molar-refractivity contribution in [1.29, 1.82) is 0 Å². The number of hydrogen-bond donors (Lipinski definition) is 0. The maximum absolute atomic E-state index is 13.5. The molecule has 0 unspecified atom stereocenters. The van der Waals surface area contributed by atoms with Gasteiger partial charge in [0.15, 0.2) is 5.82 Å². The van der Waals surface area contributed by atoms with Crippen LogP contribution in [0.4, 0.5) is 4.39 Å². The zero-order valence-corrected chi connectivity index (χ0v) is 17.4. The number of hydrogen-bond acceptors (Lipinski definition) is 4. The fraction of sp³-hybridized carbons (Fsp3) is 0. The Morgan fingerprint density at radius 2 is 1.30 bits per heavy atom. The molecular formula is C27H17FN4O. The van der Waals surface area contributed by atoms with E-state index in [2.05, 4.69) is 22.3 Å². The lowest BCUT2D eigenvalue weighted by molar-refractivity contribution is 0.467. The Morgan fingerprint density at radius 1 is 0.636 bits per heavy atom. The van der Waals surface area contributed by atoms with Gasteiger partial charge < -0.3 is 4.74 Å². The molecule has 0 spiro atoms. The zero-order valence-electron chi connectivity index (χ0n) is 17.4. The van der Waals surface area contributed by atoms with Gasteiger partial charge in [-0.25, -0.2) is 9.37 Å². The van der Waals surface area contributed by atoms with Gasteiger partial charge in [-0.2, -0.15) is 0 Å². The second-order valence-electron chi connectivity index (χ2n) is 7.59. The van der Waals surface area contributed by atoms with Gasteiger partial charge in [0.2, 0.25) is 5.65 Å². The van der Waals surface area contributed by atoms with Crippen LogP contribution in [0.15, 0.2) is 103 Å². The number of ether oxygens (including phenoxy) is 1. The summed E-state index contributed by atoms with van der Waals surface area (Å²) in [5.74, 6) is 1.28. The number of halogens is 1. The first-order valence-electron chi connectivity index (χ1n) is 10.5. The van der Waals surface area contributed by atoms with Crippen LogP contribution in [0.1, 0.15) is 0 Å². The normalized spacial score (nSPS) is 11.2. The maximum atomic E-state index is 13.5. The monoisotopic (exact) mass is 432 g/mol. The molecule has 0 bridgehead atoms. The van der Waals surface area contributed by atoms with E-state index in [9.17, 15) is 4.39 Å². The second-order valence-corrected chi connectivity index (χ2v) is 7.59. The number of fused-ring (bicyclic) bond motifs is 3. The van der Waals surface area contributed by atoms with E-state index in [1.165, 1.54) is 12.1 Å². The van der Waals surface area contributed by atoms with Gasteiger partial charge in [-0.3, -0.25) is 4.40 Å². The topological polar surface area (TPSA) is 52.3 Å². The molecule has 0 N–H and O–H groups in total. The van der Waals surface area contributed by atoms with Crippen LogP contribution in [0.25, 0.3) is 39.2 Å². The molecule has 0 radical (unpaired) electrons. The van der Waals surface area contributed by atoms with E-state index in [1.54, 1.807) is 12.1 Å². The molecule has 0 atom stereocenters. The van der Waals surface area contributed by atoms with Gasteiger partial charge in [-0.15, -0.1) is 10.2 Å². The molecule has 6 aromatic rings. The third kappa shape index (κ3) is 3.47. The minimum Gasteiger partial charge on any atom is -0.436 e. The van der Waals surface area contributed by atoms with Crippen molar-refractivity contribution in [2.75, 3.05) is 0 Å². The SMILES string of the molecule is Fc1ccc(-c2nnc3c(Oc4ccc(-c5ccccc5)cc4)nc4ccccc4n23)cc1. The molecule has 6 rings (SSSR count). The van der Waals surface area contributed by atoms with Gasteiger partial charge in [0, 0.05) is 5.56 Å². The molecule has 33 heavy (non-hydrogen) atoms. The molecule has 0 saturated carbocycles. The Morgan fingerprint density at radius 3 is 2.09 bits per heavy atom. The summed E-state index contributed by atoms with van der Waals surface area (Å²) in [4.78, 5) is 4.69. The van der Waals surface area contributed by atoms with Crippen LogP contribution < -0.4 is 4.74 Å². The van der Waals surface area contributed by atoms with E-state index in [0.717, 1.165) is 27.7 Å². The van der Waals surface area contributed by atoms with E-state index < -0.39 is 0 Å². The van der Waals surface area contributed by atoms with Crippen molar-refractivity contribution in [3.63, 3.8) is 0 Å². The van der Waals surface area contributed by atoms with Gasteiger partial charge in [0.05, 0.1) is 11.0 Å². The number of aromatic nitrogens is 4. The highest BCUT2D eigenvalue weighted by atomic mass is 19.1. The standard InChI is InChI=1S/C27H17FN4O/c28-21-14-10-20(11-15-21)25-30-31-26-27(29-23-8-4-5-9-24(23)32(25)26)33-22-16-12-19(13-17-22)18-6-2-1-3-7-18/h1-17H. The Hall–Kier alpha value is -4.58. The fourth-order valence-electron chi connectivity index (χ4n) is 3.87. The minimum absolute atomic E-state index is 0.304. The van der Waals surface area contributed by atoms with Crippen molar-refractivity contribution in [2.24, 2.45) is 0 Å². The Labute approximate surface area is 188 Å². The third-order valence-corrected chi connectivity index (χ3v) is 5.48. The van der Waals surface area contributed by atoms with Gasteiger partial charge in [-0.05, 0) is 59.7 Å². The molecule has 5 nitrogen and oxygen atoms in total. The summed E-state index contributed by atoms with van der Waals surface area (Å²) in [6.07, 6.45) is 0. The van der Waals surface area contributed by atoms with Crippen LogP contribution >= 0.6 is 0 Å². The van der Waals surface area contributed by atoms with E-state index in [-0.39, 0.29) is 5.82 Å².